The molecule has 24 heavy (non-hydrogen) atoms. The molecule has 1 N–H and O–H groups in total. The number of hydrogen-bond donors (Lipinski definition) is 1. The molecule has 3 rings (SSSR count). The Hall–Kier alpha value is -2.37. The number of rotatable bonds is 6. The monoisotopic (exact) mass is 329 g/mol. The fourth-order valence-electron chi connectivity index (χ4n) is 3.04. The van der Waals surface area contributed by atoms with Crippen molar-refractivity contribution >= 4 is 11.6 Å². The number of hydrogen-bond acceptors (Lipinski definition) is 5. The number of aromatic nitrogens is 2. The highest BCUT2D eigenvalue weighted by molar-refractivity contribution is 5.90. The van der Waals surface area contributed by atoms with Gasteiger partial charge in [-0.1, -0.05) is 24.4 Å². The van der Waals surface area contributed by atoms with Gasteiger partial charge in [0.25, 0.3) is 5.89 Å². The second-order valence-corrected chi connectivity index (χ2v) is 6.30. The van der Waals surface area contributed by atoms with E-state index in [0.717, 1.165) is 5.69 Å². The SMILES string of the molecule is Cc1noc(COc2ccc(NC(=O)CC3CCCCC3)cc2)n1. The van der Waals surface area contributed by atoms with Crippen LogP contribution in [0, 0.1) is 12.8 Å². The van der Waals surface area contributed by atoms with Gasteiger partial charge in [0, 0.05) is 12.1 Å². The molecule has 128 valence electrons. The number of nitrogens with one attached hydrogen (secondary N) is 1. The maximum atomic E-state index is 12.1. The van der Waals surface area contributed by atoms with Crippen molar-refractivity contribution in [3.8, 4) is 5.75 Å². The van der Waals surface area contributed by atoms with E-state index in [1.54, 1.807) is 6.92 Å². The Balaban J connectivity index is 1.46. The lowest BCUT2D eigenvalue weighted by molar-refractivity contribution is -0.117. The molecule has 1 aromatic heterocycles. The molecule has 0 atom stereocenters. The van der Waals surface area contributed by atoms with Gasteiger partial charge in [-0.15, -0.1) is 0 Å². The molecule has 0 saturated heterocycles. The van der Waals surface area contributed by atoms with Gasteiger partial charge in [-0.05, 0) is 49.9 Å². The first-order valence-electron chi connectivity index (χ1n) is 8.51. The maximum Gasteiger partial charge on any atom is 0.264 e. The van der Waals surface area contributed by atoms with Crippen molar-refractivity contribution in [1.82, 2.24) is 10.1 Å². The number of anilines is 1. The van der Waals surface area contributed by atoms with Crippen molar-refractivity contribution < 1.29 is 14.1 Å². The Morgan fingerprint density at radius 2 is 2.00 bits per heavy atom. The second kappa shape index (κ2) is 7.95. The molecule has 0 radical (unpaired) electrons. The van der Waals surface area contributed by atoms with Crippen molar-refractivity contribution in [3.63, 3.8) is 0 Å². The van der Waals surface area contributed by atoms with Crippen LogP contribution in [-0.2, 0) is 11.4 Å². The zero-order chi connectivity index (χ0) is 16.8. The van der Waals surface area contributed by atoms with Crippen LogP contribution in [-0.4, -0.2) is 16.0 Å². The zero-order valence-electron chi connectivity index (χ0n) is 14.0. The average molecular weight is 329 g/mol. The van der Waals surface area contributed by atoms with Crippen LogP contribution in [0.25, 0.3) is 0 Å². The van der Waals surface area contributed by atoms with Gasteiger partial charge >= 0.3 is 0 Å². The van der Waals surface area contributed by atoms with Gasteiger partial charge < -0.3 is 14.6 Å². The predicted molar refractivity (Wildman–Crippen MR) is 89.6 cm³/mol. The molecule has 6 heteroatoms. The normalized spacial score (nSPS) is 15.2. The first-order valence-corrected chi connectivity index (χ1v) is 8.51. The molecule has 0 unspecified atom stereocenters. The van der Waals surface area contributed by atoms with Crippen molar-refractivity contribution in [3.05, 3.63) is 36.0 Å². The third-order valence-corrected chi connectivity index (χ3v) is 4.27. The summed E-state index contributed by atoms with van der Waals surface area (Å²) < 4.78 is 10.6. The summed E-state index contributed by atoms with van der Waals surface area (Å²) in [6.07, 6.45) is 6.79. The molecule has 1 saturated carbocycles. The van der Waals surface area contributed by atoms with Gasteiger partial charge in [-0.2, -0.15) is 4.98 Å². The van der Waals surface area contributed by atoms with Gasteiger partial charge in [-0.25, -0.2) is 0 Å². The average Bonchev–Trinajstić information content (AvgIpc) is 3.00. The summed E-state index contributed by atoms with van der Waals surface area (Å²) in [5.74, 6) is 2.36. The Labute approximate surface area is 141 Å². The molecule has 0 spiro atoms. The molecule has 6 nitrogen and oxygen atoms in total. The van der Waals surface area contributed by atoms with E-state index in [1.807, 2.05) is 24.3 Å². The van der Waals surface area contributed by atoms with E-state index in [2.05, 4.69) is 15.5 Å². The topological polar surface area (TPSA) is 77.3 Å². The molecule has 2 aromatic rings. The first-order chi connectivity index (χ1) is 11.7. The van der Waals surface area contributed by atoms with E-state index < -0.39 is 0 Å². The third-order valence-electron chi connectivity index (χ3n) is 4.27. The summed E-state index contributed by atoms with van der Waals surface area (Å²) in [5, 5.41) is 6.67. The number of carbonyl (C=O) groups is 1. The highest BCUT2D eigenvalue weighted by Crippen LogP contribution is 2.26. The maximum absolute atomic E-state index is 12.1. The summed E-state index contributed by atoms with van der Waals surface area (Å²) in [5.41, 5.74) is 0.789. The Kier molecular flexibility index (Phi) is 5.46. The zero-order valence-corrected chi connectivity index (χ0v) is 14.0. The number of carbonyl (C=O) groups excluding carboxylic acids is 1. The molecule has 1 aromatic carbocycles. The first kappa shape index (κ1) is 16.5. The summed E-state index contributed by atoms with van der Waals surface area (Å²) in [4.78, 5) is 16.2. The van der Waals surface area contributed by atoms with Crippen LogP contribution in [0.1, 0.15) is 50.2 Å². The van der Waals surface area contributed by atoms with Crippen LogP contribution < -0.4 is 10.1 Å². The molecule has 1 heterocycles. The van der Waals surface area contributed by atoms with Crippen molar-refractivity contribution in [2.45, 2.75) is 52.1 Å². The number of aryl methyl sites for hydroxylation is 1. The van der Waals surface area contributed by atoms with E-state index in [4.69, 9.17) is 9.26 Å². The molecule has 1 aliphatic carbocycles. The Morgan fingerprint density at radius 3 is 2.67 bits per heavy atom. The molecule has 0 aliphatic heterocycles. The van der Waals surface area contributed by atoms with Crippen LogP contribution >= 0.6 is 0 Å². The van der Waals surface area contributed by atoms with E-state index in [1.165, 1.54) is 32.1 Å². The van der Waals surface area contributed by atoms with Crippen LogP contribution in [0.4, 0.5) is 5.69 Å². The van der Waals surface area contributed by atoms with Gasteiger partial charge in [0.1, 0.15) is 5.75 Å². The second-order valence-electron chi connectivity index (χ2n) is 6.30. The predicted octanol–water partition coefficient (Wildman–Crippen LogP) is 3.87. The van der Waals surface area contributed by atoms with Crippen molar-refractivity contribution in [2.75, 3.05) is 5.32 Å². The number of amides is 1. The van der Waals surface area contributed by atoms with Crippen LogP contribution in [0.3, 0.4) is 0 Å². The Bertz CT molecular complexity index is 660. The fourth-order valence-corrected chi connectivity index (χ4v) is 3.04. The fraction of sp³-hybridized carbons (Fsp3) is 0.500. The van der Waals surface area contributed by atoms with Crippen LogP contribution in [0.2, 0.25) is 0 Å². The third kappa shape index (κ3) is 4.81. The Morgan fingerprint density at radius 1 is 1.25 bits per heavy atom. The van der Waals surface area contributed by atoms with E-state index >= 15 is 0 Å². The largest absolute Gasteiger partial charge is 0.484 e. The minimum absolute atomic E-state index is 0.0944. The standard InChI is InChI=1S/C18H23N3O3/c1-13-19-18(24-21-13)12-23-16-9-7-15(8-10-16)20-17(22)11-14-5-3-2-4-6-14/h7-10,14H,2-6,11-12H2,1H3,(H,20,22). The summed E-state index contributed by atoms with van der Waals surface area (Å²) >= 11 is 0. The van der Waals surface area contributed by atoms with E-state index in [0.29, 0.717) is 29.8 Å². The molecular weight excluding hydrogens is 306 g/mol. The lowest BCUT2D eigenvalue weighted by atomic mass is 9.87. The number of nitrogens with zero attached hydrogens (tertiary/aromatic N) is 2. The minimum atomic E-state index is 0.0944. The molecule has 0 bridgehead atoms. The highest BCUT2D eigenvalue weighted by atomic mass is 16.5. The molecule has 1 amide bonds. The van der Waals surface area contributed by atoms with E-state index in [9.17, 15) is 4.79 Å². The smallest absolute Gasteiger partial charge is 0.264 e. The van der Waals surface area contributed by atoms with Crippen LogP contribution in [0.5, 0.6) is 5.75 Å². The summed E-state index contributed by atoms with van der Waals surface area (Å²) in [6.45, 7) is 1.99. The van der Waals surface area contributed by atoms with Gasteiger partial charge in [-0.3, -0.25) is 4.79 Å². The van der Waals surface area contributed by atoms with Crippen LogP contribution in [0.15, 0.2) is 28.8 Å². The number of benzene rings is 1. The van der Waals surface area contributed by atoms with Crippen molar-refractivity contribution in [1.29, 1.82) is 0 Å². The van der Waals surface area contributed by atoms with Crippen molar-refractivity contribution in [2.24, 2.45) is 5.92 Å². The summed E-state index contributed by atoms with van der Waals surface area (Å²) in [6, 6.07) is 7.32. The molecular formula is C18H23N3O3. The quantitative estimate of drug-likeness (QED) is 0.870. The minimum Gasteiger partial charge on any atom is -0.484 e. The number of ether oxygens (including phenoxy) is 1. The van der Waals surface area contributed by atoms with E-state index in [-0.39, 0.29) is 12.5 Å². The lowest BCUT2D eigenvalue weighted by Gasteiger charge is -2.20. The highest BCUT2D eigenvalue weighted by Gasteiger charge is 2.17. The lowest BCUT2D eigenvalue weighted by Crippen LogP contribution is -2.18. The van der Waals surface area contributed by atoms with Gasteiger partial charge in [0.2, 0.25) is 5.91 Å². The molecule has 1 fully saturated rings. The molecule has 1 aliphatic rings. The van der Waals surface area contributed by atoms with Gasteiger partial charge in [0.05, 0.1) is 0 Å². The van der Waals surface area contributed by atoms with Gasteiger partial charge in [0.15, 0.2) is 12.4 Å². The summed E-state index contributed by atoms with van der Waals surface area (Å²) in [7, 11) is 0.